The summed E-state index contributed by atoms with van der Waals surface area (Å²) >= 11 is 0. The van der Waals surface area contributed by atoms with E-state index in [-0.39, 0.29) is 23.5 Å². The van der Waals surface area contributed by atoms with Crippen molar-refractivity contribution >= 4 is 11.7 Å². The zero-order valence-corrected chi connectivity index (χ0v) is 18.6. The van der Waals surface area contributed by atoms with E-state index in [1.807, 2.05) is 19.1 Å². The molecule has 6 heteroatoms. The van der Waals surface area contributed by atoms with Crippen LogP contribution in [-0.2, 0) is 4.74 Å². The van der Waals surface area contributed by atoms with Gasteiger partial charge in [-0.3, -0.25) is 14.5 Å². The molecule has 1 N–H and O–H groups in total. The average molecular weight is 447 g/mol. The van der Waals surface area contributed by atoms with Crippen molar-refractivity contribution in [1.82, 2.24) is 10.2 Å². The van der Waals surface area contributed by atoms with E-state index in [4.69, 9.17) is 4.74 Å². The minimum Gasteiger partial charge on any atom is -0.379 e. The number of nitrogens with zero attached hydrogens (tertiary/aromatic N) is 1. The van der Waals surface area contributed by atoms with Gasteiger partial charge in [0.2, 0.25) is 0 Å². The van der Waals surface area contributed by atoms with Crippen LogP contribution in [0, 0.1) is 12.7 Å². The standard InChI is InChI=1S/C27H27FN2O3/c1-19-6-8-21(9-7-19)26(31)23-4-2-3-5-24(23)27(32)29-18-25(30-14-16-33-17-15-30)20-10-12-22(28)13-11-20/h2-13,25H,14-18H2,1H3,(H,29,32). The molecule has 5 nitrogen and oxygen atoms in total. The molecular formula is C27H27FN2O3. The fourth-order valence-electron chi connectivity index (χ4n) is 4.06. The van der Waals surface area contributed by atoms with Crippen molar-refractivity contribution in [2.45, 2.75) is 13.0 Å². The highest BCUT2D eigenvalue weighted by Gasteiger charge is 2.24. The Morgan fingerprint density at radius 1 is 0.939 bits per heavy atom. The van der Waals surface area contributed by atoms with Crippen molar-refractivity contribution in [2.75, 3.05) is 32.8 Å². The van der Waals surface area contributed by atoms with Gasteiger partial charge >= 0.3 is 0 Å². The summed E-state index contributed by atoms with van der Waals surface area (Å²) in [5, 5.41) is 3.00. The van der Waals surface area contributed by atoms with Crippen LogP contribution in [0.1, 0.15) is 43.4 Å². The van der Waals surface area contributed by atoms with Crippen molar-refractivity contribution in [3.63, 3.8) is 0 Å². The van der Waals surface area contributed by atoms with Gasteiger partial charge in [0.25, 0.3) is 5.91 Å². The van der Waals surface area contributed by atoms with Crippen molar-refractivity contribution in [3.8, 4) is 0 Å². The summed E-state index contributed by atoms with van der Waals surface area (Å²) in [7, 11) is 0. The number of carbonyl (C=O) groups excluding carboxylic acids is 2. The maximum atomic E-state index is 13.5. The molecule has 0 aliphatic carbocycles. The van der Waals surface area contributed by atoms with Crippen LogP contribution in [0.3, 0.4) is 0 Å². The Labute approximate surface area is 193 Å². The molecule has 1 saturated heterocycles. The molecular weight excluding hydrogens is 419 g/mol. The molecule has 0 bridgehead atoms. The summed E-state index contributed by atoms with van der Waals surface area (Å²) in [6, 6.07) is 20.4. The number of benzene rings is 3. The summed E-state index contributed by atoms with van der Waals surface area (Å²) in [5.74, 6) is -0.803. The SMILES string of the molecule is Cc1ccc(C(=O)c2ccccc2C(=O)NCC(c2ccc(F)cc2)N2CCOCC2)cc1. The van der Waals surface area contributed by atoms with Crippen LogP contribution in [0.25, 0.3) is 0 Å². The van der Waals surface area contributed by atoms with Gasteiger partial charge in [0.05, 0.1) is 24.8 Å². The molecule has 0 radical (unpaired) electrons. The Morgan fingerprint density at radius 3 is 2.24 bits per heavy atom. The molecule has 0 saturated carbocycles. The summed E-state index contributed by atoms with van der Waals surface area (Å²) < 4.78 is 18.9. The summed E-state index contributed by atoms with van der Waals surface area (Å²) in [6.07, 6.45) is 0. The first-order chi connectivity index (χ1) is 16.0. The van der Waals surface area contributed by atoms with Gasteiger partial charge in [-0.25, -0.2) is 4.39 Å². The van der Waals surface area contributed by atoms with Crippen LogP contribution in [0.15, 0.2) is 72.8 Å². The normalized spacial score (nSPS) is 15.1. The largest absolute Gasteiger partial charge is 0.379 e. The summed E-state index contributed by atoms with van der Waals surface area (Å²) in [5.41, 5.74) is 3.22. The third kappa shape index (κ3) is 5.53. The highest BCUT2D eigenvalue weighted by atomic mass is 19.1. The third-order valence-corrected chi connectivity index (χ3v) is 5.93. The minimum atomic E-state index is -0.313. The number of ether oxygens (including phenoxy) is 1. The number of carbonyl (C=O) groups is 2. The van der Waals surface area contributed by atoms with Gasteiger partial charge in [0.1, 0.15) is 5.82 Å². The van der Waals surface area contributed by atoms with E-state index < -0.39 is 0 Å². The predicted octanol–water partition coefficient (Wildman–Crippen LogP) is 4.17. The summed E-state index contributed by atoms with van der Waals surface area (Å²) in [6.45, 7) is 4.96. The molecule has 0 aromatic heterocycles. The van der Waals surface area contributed by atoms with Gasteiger partial charge in [-0.2, -0.15) is 0 Å². The fourth-order valence-corrected chi connectivity index (χ4v) is 4.06. The third-order valence-electron chi connectivity index (χ3n) is 5.93. The quantitative estimate of drug-likeness (QED) is 0.554. The van der Waals surface area contributed by atoms with Crippen LogP contribution < -0.4 is 5.32 Å². The van der Waals surface area contributed by atoms with Crippen molar-refractivity contribution < 1.29 is 18.7 Å². The first kappa shape index (κ1) is 22.8. The summed E-state index contributed by atoms with van der Waals surface area (Å²) in [4.78, 5) is 28.5. The molecule has 1 heterocycles. The zero-order chi connectivity index (χ0) is 23.2. The molecule has 1 unspecified atom stereocenters. The Bertz CT molecular complexity index is 1110. The molecule has 1 amide bonds. The number of hydrogen-bond acceptors (Lipinski definition) is 4. The van der Waals surface area contributed by atoms with E-state index >= 15 is 0 Å². The Balaban J connectivity index is 1.53. The lowest BCUT2D eigenvalue weighted by Crippen LogP contribution is -2.44. The first-order valence-electron chi connectivity index (χ1n) is 11.1. The lowest BCUT2D eigenvalue weighted by Gasteiger charge is -2.35. The molecule has 1 atom stereocenters. The van der Waals surface area contributed by atoms with Gasteiger partial charge < -0.3 is 10.1 Å². The molecule has 4 rings (SSSR count). The van der Waals surface area contributed by atoms with Gasteiger partial charge in [-0.05, 0) is 30.7 Å². The fraction of sp³-hybridized carbons (Fsp3) is 0.259. The van der Waals surface area contributed by atoms with Crippen LogP contribution in [0.2, 0.25) is 0 Å². The Hall–Kier alpha value is -3.35. The molecule has 1 aliphatic rings. The maximum absolute atomic E-state index is 13.5. The number of amides is 1. The van der Waals surface area contributed by atoms with Gasteiger partial charge in [0.15, 0.2) is 5.78 Å². The van der Waals surface area contributed by atoms with E-state index in [2.05, 4.69) is 10.2 Å². The number of hydrogen-bond donors (Lipinski definition) is 1. The van der Waals surface area contributed by atoms with E-state index in [1.165, 1.54) is 12.1 Å². The van der Waals surface area contributed by atoms with E-state index in [9.17, 15) is 14.0 Å². The molecule has 3 aromatic rings. The van der Waals surface area contributed by atoms with Gasteiger partial charge in [-0.15, -0.1) is 0 Å². The van der Waals surface area contributed by atoms with E-state index in [0.29, 0.717) is 36.4 Å². The monoisotopic (exact) mass is 446 g/mol. The Morgan fingerprint density at radius 2 is 1.58 bits per heavy atom. The second-order valence-corrected chi connectivity index (χ2v) is 8.17. The Kier molecular flexibility index (Phi) is 7.27. The van der Waals surface area contributed by atoms with Crippen molar-refractivity contribution in [2.24, 2.45) is 0 Å². The molecule has 1 fully saturated rings. The van der Waals surface area contributed by atoms with Crippen LogP contribution >= 0.6 is 0 Å². The van der Waals surface area contributed by atoms with Gasteiger partial charge in [-0.1, -0.05) is 60.2 Å². The number of aryl methyl sites for hydroxylation is 1. The van der Waals surface area contributed by atoms with E-state index in [1.54, 1.807) is 48.5 Å². The zero-order valence-electron chi connectivity index (χ0n) is 18.6. The minimum absolute atomic E-state index is 0.126. The molecule has 170 valence electrons. The molecule has 33 heavy (non-hydrogen) atoms. The number of halogens is 1. The lowest BCUT2D eigenvalue weighted by atomic mass is 9.97. The average Bonchev–Trinajstić information content (AvgIpc) is 2.86. The van der Waals surface area contributed by atoms with Crippen LogP contribution in [-0.4, -0.2) is 49.4 Å². The molecule has 1 aliphatic heterocycles. The molecule has 0 spiro atoms. The smallest absolute Gasteiger partial charge is 0.252 e. The number of morpholine rings is 1. The lowest BCUT2D eigenvalue weighted by molar-refractivity contribution is 0.0162. The predicted molar refractivity (Wildman–Crippen MR) is 125 cm³/mol. The van der Waals surface area contributed by atoms with Crippen molar-refractivity contribution in [1.29, 1.82) is 0 Å². The molecule has 3 aromatic carbocycles. The second-order valence-electron chi connectivity index (χ2n) is 8.17. The number of rotatable bonds is 7. The maximum Gasteiger partial charge on any atom is 0.252 e. The van der Waals surface area contributed by atoms with Gasteiger partial charge in [0, 0.05) is 30.8 Å². The van der Waals surface area contributed by atoms with E-state index in [0.717, 1.165) is 24.2 Å². The van der Waals surface area contributed by atoms with Crippen LogP contribution in [0.5, 0.6) is 0 Å². The number of ketones is 1. The highest BCUT2D eigenvalue weighted by Crippen LogP contribution is 2.22. The highest BCUT2D eigenvalue weighted by molar-refractivity contribution is 6.15. The van der Waals surface area contributed by atoms with Crippen molar-refractivity contribution in [3.05, 3.63) is 106 Å². The number of nitrogens with one attached hydrogen (secondary N) is 1. The van der Waals surface area contributed by atoms with Crippen LogP contribution in [0.4, 0.5) is 4.39 Å². The topological polar surface area (TPSA) is 58.6 Å². The first-order valence-corrected chi connectivity index (χ1v) is 11.1. The second kappa shape index (κ2) is 10.5.